The number of aryl methyl sites for hydroxylation is 1. The fraction of sp³-hybridized carbons (Fsp3) is 0.474. The number of benzene rings is 1. The molecule has 0 unspecified atom stereocenters. The molecule has 3 rings (SSSR count). The second-order valence-electron chi connectivity index (χ2n) is 6.13. The van der Waals surface area contributed by atoms with Gasteiger partial charge >= 0.3 is 0 Å². The number of rotatable bonds is 5. The Morgan fingerprint density at radius 1 is 1.32 bits per heavy atom. The van der Waals surface area contributed by atoms with Crippen molar-refractivity contribution in [1.29, 1.82) is 0 Å². The van der Waals surface area contributed by atoms with Gasteiger partial charge in [-0.2, -0.15) is 0 Å². The molecule has 1 aromatic heterocycles. The number of nitrogens with zero attached hydrogens (tertiary/aromatic N) is 3. The fourth-order valence-corrected chi connectivity index (χ4v) is 3.65. The van der Waals surface area contributed by atoms with E-state index >= 15 is 0 Å². The molecule has 25 heavy (non-hydrogen) atoms. The number of thiazole rings is 1. The highest BCUT2D eigenvalue weighted by atomic mass is 32.1. The molecule has 0 spiro atoms. The van der Waals surface area contributed by atoms with Crippen molar-refractivity contribution in [3.63, 3.8) is 0 Å². The minimum absolute atomic E-state index is 0.283. The van der Waals surface area contributed by atoms with Crippen LogP contribution in [0.3, 0.4) is 0 Å². The fourth-order valence-electron chi connectivity index (χ4n) is 2.93. The van der Waals surface area contributed by atoms with Gasteiger partial charge in [-0.15, -0.1) is 11.3 Å². The number of guanidine groups is 1. The zero-order valence-electron chi connectivity index (χ0n) is 14.9. The van der Waals surface area contributed by atoms with E-state index in [2.05, 4.69) is 22.1 Å². The van der Waals surface area contributed by atoms with E-state index in [0.29, 0.717) is 6.54 Å². The van der Waals surface area contributed by atoms with Crippen molar-refractivity contribution in [1.82, 2.24) is 15.2 Å². The van der Waals surface area contributed by atoms with E-state index < -0.39 is 0 Å². The SMILES string of the molecule is CCNC(=NCc1cnc(C)s1)N1CCC(Oc2ccccc2)CC1. The van der Waals surface area contributed by atoms with Crippen molar-refractivity contribution >= 4 is 17.3 Å². The highest BCUT2D eigenvalue weighted by Gasteiger charge is 2.22. The quantitative estimate of drug-likeness (QED) is 0.657. The van der Waals surface area contributed by atoms with Crippen LogP contribution in [0.1, 0.15) is 29.7 Å². The minimum atomic E-state index is 0.283. The molecule has 134 valence electrons. The Bertz CT molecular complexity index is 678. The van der Waals surface area contributed by atoms with Crippen molar-refractivity contribution in [2.45, 2.75) is 39.3 Å². The summed E-state index contributed by atoms with van der Waals surface area (Å²) in [6, 6.07) is 10.1. The standard InChI is InChI=1S/C19H26N4OS/c1-3-20-19(22-14-18-13-21-15(2)25-18)23-11-9-17(10-12-23)24-16-7-5-4-6-8-16/h4-8,13,17H,3,9-12,14H2,1-2H3,(H,20,22). The van der Waals surface area contributed by atoms with E-state index in [-0.39, 0.29) is 6.10 Å². The Morgan fingerprint density at radius 3 is 2.72 bits per heavy atom. The van der Waals surface area contributed by atoms with Gasteiger partial charge in [-0.25, -0.2) is 9.98 Å². The first-order chi connectivity index (χ1) is 12.2. The molecule has 5 nitrogen and oxygen atoms in total. The van der Waals surface area contributed by atoms with Crippen LogP contribution < -0.4 is 10.1 Å². The molecule has 0 radical (unpaired) electrons. The lowest BCUT2D eigenvalue weighted by Gasteiger charge is -2.34. The molecule has 0 aliphatic carbocycles. The topological polar surface area (TPSA) is 49.8 Å². The second-order valence-corrected chi connectivity index (χ2v) is 7.45. The third kappa shape index (κ3) is 5.19. The van der Waals surface area contributed by atoms with Crippen LogP contribution in [0, 0.1) is 6.92 Å². The average Bonchev–Trinajstić information content (AvgIpc) is 3.06. The lowest BCUT2D eigenvalue weighted by atomic mass is 10.1. The highest BCUT2D eigenvalue weighted by molar-refractivity contribution is 7.11. The van der Waals surface area contributed by atoms with Crippen molar-refractivity contribution in [2.24, 2.45) is 4.99 Å². The van der Waals surface area contributed by atoms with E-state index in [1.807, 2.05) is 43.5 Å². The van der Waals surface area contributed by atoms with E-state index in [1.54, 1.807) is 11.3 Å². The number of nitrogens with one attached hydrogen (secondary N) is 1. The number of piperidine rings is 1. The van der Waals surface area contributed by atoms with Gasteiger partial charge in [-0.1, -0.05) is 18.2 Å². The summed E-state index contributed by atoms with van der Waals surface area (Å²) in [5.74, 6) is 1.95. The minimum Gasteiger partial charge on any atom is -0.490 e. The Balaban J connectivity index is 1.54. The monoisotopic (exact) mass is 358 g/mol. The third-order valence-electron chi connectivity index (χ3n) is 4.18. The van der Waals surface area contributed by atoms with Gasteiger partial charge in [0, 0.05) is 43.5 Å². The maximum Gasteiger partial charge on any atom is 0.194 e. The summed E-state index contributed by atoms with van der Waals surface area (Å²) in [6.45, 7) is 7.63. The molecule has 1 aliphatic rings. The number of likely N-dealkylation sites (tertiary alicyclic amines) is 1. The molecule has 0 amide bonds. The Labute approximate surface area is 153 Å². The molecule has 1 aliphatic heterocycles. The van der Waals surface area contributed by atoms with Crippen LogP contribution >= 0.6 is 11.3 Å². The summed E-state index contributed by atoms with van der Waals surface area (Å²) in [5, 5.41) is 4.50. The van der Waals surface area contributed by atoms with Gasteiger partial charge in [0.2, 0.25) is 0 Å². The molecule has 1 N–H and O–H groups in total. The molecule has 1 fully saturated rings. The summed E-state index contributed by atoms with van der Waals surface area (Å²) in [7, 11) is 0. The van der Waals surface area contributed by atoms with E-state index in [1.165, 1.54) is 4.88 Å². The number of para-hydroxylation sites is 1. The first-order valence-electron chi connectivity index (χ1n) is 8.91. The Hall–Kier alpha value is -2.08. The third-order valence-corrected chi connectivity index (χ3v) is 5.07. The molecule has 2 heterocycles. The number of aliphatic imine (C=N–C) groups is 1. The zero-order chi connectivity index (χ0) is 17.5. The van der Waals surface area contributed by atoms with Gasteiger partial charge in [0.05, 0.1) is 11.6 Å². The average molecular weight is 359 g/mol. The predicted molar refractivity (Wildman–Crippen MR) is 103 cm³/mol. The van der Waals surface area contributed by atoms with Crippen LogP contribution in [0.5, 0.6) is 5.75 Å². The number of hydrogen-bond acceptors (Lipinski definition) is 4. The first-order valence-corrected chi connectivity index (χ1v) is 9.72. The first kappa shape index (κ1) is 17.7. The van der Waals surface area contributed by atoms with E-state index in [0.717, 1.165) is 49.2 Å². The number of aromatic nitrogens is 1. The summed E-state index contributed by atoms with van der Waals surface area (Å²) in [4.78, 5) is 12.6. The number of ether oxygens (including phenoxy) is 1. The smallest absolute Gasteiger partial charge is 0.194 e. The molecule has 6 heteroatoms. The lowest BCUT2D eigenvalue weighted by Crippen LogP contribution is -2.47. The summed E-state index contributed by atoms with van der Waals surface area (Å²) < 4.78 is 6.08. The van der Waals surface area contributed by atoms with Gasteiger partial charge in [-0.3, -0.25) is 0 Å². The van der Waals surface area contributed by atoms with Crippen LogP contribution in [0.15, 0.2) is 41.5 Å². The maximum atomic E-state index is 6.08. The molecular formula is C19H26N4OS. The Morgan fingerprint density at radius 2 is 2.08 bits per heavy atom. The summed E-state index contributed by atoms with van der Waals surface area (Å²) >= 11 is 1.71. The molecule has 0 atom stereocenters. The molecule has 1 saturated heterocycles. The van der Waals surface area contributed by atoms with Crippen LogP contribution in [0.25, 0.3) is 0 Å². The largest absolute Gasteiger partial charge is 0.490 e. The van der Waals surface area contributed by atoms with Crippen LogP contribution in [0.2, 0.25) is 0 Å². The number of hydrogen-bond donors (Lipinski definition) is 1. The van der Waals surface area contributed by atoms with Gasteiger partial charge in [0.15, 0.2) is 5.96 Å². The summed E-state index contributed by atoms with van der Waals surface area (Å²) in [5.41, 5.74) is 0. The summed E-state index contributed by atoms with van der Waals surface area (Å²) in [6.07, 6.45) is 4.23. The van der Waals surface area contributed by atoms with Gasteiger partial charge in [0.25, 0.3) is 0 Å². The van der Waals surface area contributed by atoms with Crippen LogP contribution in [0.4, 0.5) is 0 Å². The highest BCUT2D eigenvalue weighted by Crippen LogP contribution is 2.19. The molecule has 0 saturated carbocycles. The zero-order valence-corrected chi connectivity index (χ0v) is 15.8. The normalized spacial score (nSPS) is 16.1. The molecule has 0 bridgehead atoms. The second kappa shape index (κ2) is 8.85. The van der Waals surface area contributed by atoms with Crippen molar-refractivity contribution in [3.05, 3.63) is 46.4 Å². The Kier molecular flexibility index (Phi) is 6.28. The lowest BCUT2D eigenvalue weighted by molar-refractivity contribution is 0.129. The van der Waals surface area contributed by atoms with E-state index in [4.69, 9.17) is 9.73 Å². The molecule has 1 aromatic carbocycles. The van der Waals surface area contributed by atoms with Crippen molar-refractivity contribution < 1.29 is 4.74 Å². The maximum absolute atomic E-state index is 6.08. The molecular weight excluding hydrogens is 332 g/mol. The predicted octanol–water partition coefficient (Wildman–Crippen LogP) is 3.46. The van der Waals surface area contributed by atoms with Crippen molar-refractivity contribution in [2.75, 3.05) is 19.6 Å². The van der Waals surface area contributed by atoms with Crippen LogP contribution in [-0.4, -0.2) is 41.6 Å². The molecule has 2 aromatic rings. The van der Waals surface area contributed by atoms with Crippen molar-refractivity contribution in [3.8, 4) is 5.75 Å². The van der Waals surface area contributed by atoms with E-state index in [9.17, 15) is 0 Å². The van der Waals surface area contributed by atoms with Crippen LogP contribution in [-0.2, 0) is 6.54 Å². The van der Waals surface area contributed by atoms with Gasteiger partial charge < -0.3 is 15.0 Å². The van der Waals surface area contributed by atoms with Gasteiger partial charge in [0.1, 0.15) is 11.9 Å². The van der Waals surface area contributed by atoms with Gasteiger partial charge in [-0.05, 0) is 26.0 Å².